The summed E-state index contributed by atoms with van der Waals surface area (Å²) in [6, 6.07) is 15.5. The van der Waals surface area contributed by atoms with Gasteiger partial charge in [0.1, 0.15) is 0 Å². The van der Waals surface area contributed by atoms with E-state index < -0.39 is 10.0 Å². The number of hydrogen-bond donors (Lipinski definition) is 1. The van der Waals surface area contributed by atoms with Crippen LogP contribution in [0.2, 0.25) is 0 Å². The number of allylic oxidation sites excluding steroid dienone is 2. The minimum absolute atomic E-state index is 0.0697. The van der Waals surface area contributed by atoms with Gasteiger partial charge < -0.3 is 0 Å². The Hall–Kier alpha value is -3.32. The predicted molar refractivity (Wildman–Crippen MR) is 146 cm³/mol. The van der Waals surface area contributed by atoms with Crippen LogP contribution in [-0.2, 0) is 28.5 Å². The number of rotatable bonds is 9. The zero-order valence-electron chi connectivity index (χ0n) is 21.2. The summed E-state index contributed by atoms with van der Waals surface area (Å²) in [5, 5.41) is 0. The Labute approximate surface area is 208 Å². The Bertz CT molecular complexity index is 1370. The van der Waals surface area contributed by atoms with E-state index in [-0.39, 0.29) is 11.1 Å². The molecule has 1 aromatic heterocycles. The maximum atomic E-state index is 13.5. The zero-order chi connectivity index (χ0) is 25.8. The van der Waals surface area contributed by atoms with Crippen LogP contribution in [-0.4, -0.2) is 23.8 Å². The van der Waals surface area contributed by atoms with Gasteiger partial charge in [0, 0.05) is 11.4 Å². The molecular formula is C28H35N3O3S. The van der Waals surface area contributed by atoms with E-state index in [1.54, 1.807) is 21.3 Å². The third kappa shape index (κ3) is 6.85. The van der Waals surface area contributed by atoms with E-state index in [1.807, 2.05) is 37.3 Å². The van der Waals surface area contributed by atoms with Crippen LogP contribution in [0.1, 0.15) is 55.3 Å². The van der Waals surface area contributed by atoms with E-state index >= 15 is 0 Å². The third-order valence-corrected chi connectivity index (χ3v) is 6.47. The van der Waals surface area contributed by atoms with Gasteiger partial charge in [-0.2, -0.15) is 0 Å². The van der Waals surface area contributed by atoms with E-state index in [1.165, 1.54) is 5.56 Å². The van der Waals surface area contributed by atoms with Crippen LogP contribution in [0.5, 0.6) is 0 Å². The van der Waals surface area contributed by atoms with Gasteiger partial charge in [0.05, 0.1) is 25.0 Å². The van der Waals surface area contributed by atoms with Gasteiger partial charge in [-0.05, 0) is 53.7 Å². The first-order valence-electron chi connectivity index (χ1n) is 11.6. The second-order valence-corrected chi connectivity index (χ2v) is 11.6. The fourth-order valence-corrected chi connectivity index (χ4v) is 4.48. The van der Waals surface area contributed by atoms with Crippen LogP contribution in [0.15, 0.2) is 72.1 Å². The lowest BCUT2D eigenvalue weighted by molar-refractivity contribution is 0.589. The first kappa shape index (κ1) is 26.3. The van der Waals surface area contributed by atoms with E-state index in [9.17, 15) is 13.2 Å². The fraction of sp³-hybridized carbons (Fsp3) is 0.321. The number of hydrogen-bond acceptors (Lipinski definition) is 3. The summed E-state index contributed by atoms with van der Waals surface area (Å²) in [5.41, 5.74) is 5.44. The number of imidazole rings is 1. The van der Waals surface area contributed by atoms with Crippen molar-refractivity contribution in [3.63, 3.8) is 0 Å². The second kappa shape index (κ2) is 10.5. The van der Waals surface area contributed by atoms with Gasteiger partial charge in [0.25, 0.3) is 0 Å². The van der Waals surface area contributed by atoms with Crippen molar-refractivity contribution in [3.8, 4) is 0 Å². The molecule has 0 saturated heterocycles. The van der Waals surface area contributed by atoms with Crippen LogP contribution in [0.4, 0.5) is 5.69 Å². The van der Waals surface area contributed by atoms with Gasteiger partial charge >= 0.3 is 5.69 Å². The minimum Gasteiger partial charge on any atom is -0.292 e. The minimum atomic E-state index is -3.34. The number of sulfonamides is 1. The highest BCUT2D eigenvalue weighted by molar-refractivity contribution is 7.92. The Kier molecular flexibility index (Phi) is 7.90. The molecule has 0 saturated carbocycles. The highest BCUT2D eigenvalue weighted by Gasteiger charge is 2.17. The summed E-state index contributed by atoms with van der Waals surface area (Å²) in [7, 11) is -3.34. The lowest BCUT2D eigenvalue weighted by atomic mass is 9.87. The SMILES string of the molecule is C=CC/C=C\c1c(C)n(Cc2ccc(NS(C)(=O)=O)cc2)c(=O)n1Cc1ccc(C(C)(C)C)cc1. The molecule has 1 N–H and O–H groups in total. The molecule has 1 heterocycles. The number of aromatic nitrogens is 2. The van der Waals surface area contributed by atoms with Gasteiger partial charge in [0.2, 0.25) is 10.0 Å². The van der Waals surface area contributed by atoms with Crippen molar-refractivity contribution in [3.05, 3.63) is 106 Å². The van der Waals surface area contributed by atoms with Crippen LogP contribution in [0.25, 0.3) is 6.08 Å². The molecule has 0 aliphatic heterocycles. The summed E-state index contributed by atoms with van der Waals surface area (Å²) in [5.74, 6) is 0. The number of nitrogens with zero attached hydrogens (tertiary/aromatic N) is 2. The smallest absolute Gasteiger partial charge is 0.292 e. The molecule has 7 heteroatoms. The standard InChI is InChI=1S/C28H35N3O3S/c1-7-8-9-10-26-21(2)30(19-23-13-17-25(18-14-23)29-35(6,33)34)27(32)31(26)20-22-11-15-24(16-12-22)28(3,4)5/h7,9-18,29H,1,8,19-20H2,2-6H3/b10-9-. The molecular weight excluding hydrogens is 458 g/mol. The van der Waals surface area contributed by atoms with Gasteiger partial charge in [-0.25, -0.2) is 13.2 Å². The summed E-state index contributed by atoms with van der Waals surface area (Å²) in [6.45, 7) is 13.1. The maximum Gasteiger partial charge on any atom is 0.329 e. The molecule has 0 atom stereocenters. The Morgan fingerprint density at radius 3 is 2.00 bits per heavy atom. The number of anilines is 1. The molecule has 3 rings (SSSR count). The van der Waals surface area contributed by atoms with Crippen molar-refractivity contribution in [2.75, 3.05) is 11.0 Å². The molecule has 186 valence electrons. The van der Waals surface area contributed by atoms with Gasteiger partial charge in [-0.15, -0.1) is 6.58 Å². The molecule has 3 aromatic rings. The lowest BCUT2D eigenvalue weighted by Crippen LogP contribution is -2.26. The Morgan fingerprint density at radius 2 is 1.49 bits per heavy atom. The summed E-state index contributed by atoms with van der Waals surface area (Å²) >= 11 is 0. The molecule has 6 nitrogen and oxygen atoms in total. The molecule has 0 fully saturated rings. The normalized spacial score (nSPS) is 12.3. The zero-order valence-corrected chi connectivity index (χ0v) is 22.0. The third-order valence-electron chi connectivity index (χ3n) is 5.87. The number of benzene rings is 2. The van der Waals surface area contributed by atoms with Gasteiger partial charge in [-0.3, -0.25) is 13.9 Å². The molecule has 0 unspecified atom stereocenters. The quantitative estimate of drug-likeness (QED) is 0.411. The summed E-state index contributed by atoms with van der Waals surface area (Å²) < 4.78 is 28.9. The molecule has 2 aromatic carbocycles. The molecule has 0 aliphatic carbocycles. The highest BCUT2D eigenvalue weighted by atomic mass is 32.2. The topological polar surface area (TPSA) is 73.1 Å². The van der Waals surface area contributed by atoms with Crippen molar-refractivity contribution in [2.24, 2.45) is 0 Å². The fourth-order valence-electron chi connectivity index (χ4n) is 3.92. The first-order chi connectivity index (χ1) is 16.4. The first-order valence-corrected chi connectivity index (χ1v) is 13.5. The average Bonchev–Trinajstić information content (AvgIpc) is 2.98. The van der Waals surface area contributed by atoms with Crippen molar-refractivity contribution < 1.29 is 8.42 Å². The van der Waals surface area contributed by atoms with E-state index in [2.05, 4.69) is 56.3 Å². The monoisotopic (exact) mass is 493 g/mol. The van der Waals surface area contributed by atoms with Crippen LogP contribution >= 0.6 is 0 Å². The molecule has 35 heavy (non-hydrogen) atoms. The molecule has 0 spiro atoms. The van der Waals surface area contributed by atoms with E-state index in [0.717, 1.165) is 28.8 Å². The highest BCUT2D eigenvalue weighted by Crippen LogP contribution is 2.23. The van der Waals surface area contributed by atoms with E-state index in [0.29, 0.717) is 25.2 Å². The van der Waals surface area contributed by atoms with Crippen LogP contribution < -0.4 is 10.4 Å². The van der Waals surface area contributed by atoms with Crippen molar-refractivity contribution in [2.45, 2.75) is 52.6 Å². The lowest BCUT2D eigenvalue weighted by Gasteiger charge is -2.19. The van der Waals surface area contributed by atoms with Crippen LogP contribution in [0, 0.1) is 6.92 Å². The Balaban J connectivity index is 1.95. The Morgan fingerprint density at radius 1 is 0.943 bits per heavy atom. The molecule has 0 radical (unpaired) electrons. The maximum absolute atomic E-state index is 13.5. The number of nitrogens with one attached hydrogen (secondary N) is 1. The van der Waals surface area contributed by atoms with Gasteiger partial charge in [0.15, 0.2) is 0 Å². The average molecular weight is 494 g/mol. The van der Waals surface area contributed by atoms with Crippen molar-refractivity contribution in [1.82, 2.24) is 9.13 Å². The molecule has 0 aliphatic rings. The van der Waals surface area contributed by atoms with E-state index in [4.69, 9.17) is 0 Å². The summed E-state index contributed by atoms with van der Waals surface area (Å²) in [4.78, 5) is 13.5. The predicted octanol–water partition coefficient (Wildman–Crippen LogP) is 5.31. The summed E-state index contributed by atoms with van der Waals surface area (Å²) in [6.07, 6.45) is 7.64. The van der Waals surface area contributed by atoms with Crippen molar-refractivity contribution >= 4 is 21.8 Å². The van der Waals surface area contributed by atoms with Crippen molar-refractivity contribution in [1.29, 1.82) is 0 Å². The molecule has 0 amide bonds. The molecule has 0 bridgehead atoms. The second-order valence-electron chi connectivity index (χ2n) is 9.87. The van der Waals surface area contributed by atoms with Gasteiger partial charge in [-0.1, -0.05) is 69.3 Å². The van der Waals surface area contributed by atoms with Crippen LogP contribution in [0.3, 0.4) is 0 Å². The largest absolute Gasteiger partial charge is 0.329 e.